The summed E-state index contributed by atoms with van der Waals surface area (Å²) in [5.41, 5.74) is 2.64. The first kappa shape index (κ1) is 15.5. The summed E-state index contributed by atoms with van der Waals surface area (Å²) in [6, 6.07) is 7.06. The van der Waals surface area contributed by atoms with E-state index >= 15 is 0 Å². The van der Waals surface area contributed by atoms with E-state index in [2.05, 4.69) is 53.4 Å². The van der Waals surface area contributed by atoms with Gasteiger partial charge in [0.05, 0.1) is 12.2 Å². The van der Waals surface area contributed by atoms with Crippen LogP contribution in [0.25, 0.3) is 0 Å². The van der Waals surface area contributed by atoms with Crippen LogP contribution in [0.15, 0.2) is 22.7 Å². The van der Waals surface area contributed by atoms with E-state index in [4.69, 9.17) is 9.47 Å². The van der Waals surface area contributed by atoms with E-state index in [0.717, 1.165) is 39.1 Å². The van der Waals surface area contributed by atoms with Crippen molar-refractivity contribution in [1.29, 1.82) is 0 Å². The number of hydrogen-bond donors (Lipinski definition) is 1. The Kier molecular flexibility index (Phi) is 4.69. The fourth-order valence-electron chi connectivity index (χ4n) is 3.75. The van der Waals surface area contributed by atoms with Gasteiger partial charge < -0.3 is 14.8 Å². The standard InChI is InChI=1S/C17H24BrNO2/c1-12-9-13(3-4-15(12)18)16(19-2)14-5-7-21-17(10-14)6-8-20-11-17/h3-4,9,14,16,19H,5-8,10-11H2,1-2H3. The quantitative estimate of drug-likeness (QED) is 0.900. The van der Waals surface area contributed by atoms with Crippen molar-refractivity contribution in [2.24, 2.45) is 5.92 Å². The van der Waals surface area contributed by atoms with Crippen molar-refractivity contribution in [2.75, 3.05) is 26.9 Å². The lowest BCUT2D eigenvalue weighted by molar-refractivity contribution is -0.103. The fraction of sp³-hybridized carbons (Fsp3) is 0.647. The van der Waals surface area contributed by atoms with Crippen LogP contribution in [-0.4, -0.2) is 32.5 Å². The second kappa shape index (κ2) is 6.37. The van der Waals surface area contributed by atoms with Crippen LogP contribution in [0.3, 0.4) is 0 Å². The summed E-state index contributed by atoms with van der Waals surface area (Å²) >= 11 is 3.59. The first-order valence-electron chi connectivity index (χ1n) is 7.79. The highest BCUT2D eigenvalue weighted by Crippen LogP contribution is 2.41. The van der Waals surface area contributed by atoms with Gasteiger partial charge in [-0.15, -0.1) is 0 Å². The van der Waals surface area contributed by atoms with E-state index in [-0.39, 0.29) is 5.60 Å². The molecule has 1 spiro atoms. The summed E-state index contributed by atoms with van der Waals surface area (Å²) in [6.07, 6.45) is 3.25. The van der Waals surface area contributed by atoms with Crippen LogP contribution < -0.4 is 5.32 Å². The van der Waals surface area contributed by atoms with Gasteiger partial charge in [-0.1, -0.05) is 28.1 Å². The van der Waals surface area contributed by atoms with E-state index in [9.17, 15) is 0 Å². The average Bonchev–Trinajstić information content (AvgIpc) is 2.91. The monoisotopic (exact) mass is 353 g/mol. The van der Waals surface area contributed by atoms with Crippen LogP contribution in [0.2, 0.25) is 0 Å². The Morgan fingerprint density at radius 1 is 1.38 bits per heavy atom. The summed E-state index contributed by atoms with van der Waals surface area (Å²) < 4.78 is 12.8. The molecule has 1 aromatic carbocycles. The van der Waals surface area contributed by atoms with E-state index in [0.29, 0.717) is 12.0 Å². The lowest BCUT2D eigenvalue weighted by atomic mass is 9.79. The lowest BCUT2D eigenvalue weighted by Crippen LogP contribution is -2.43. The van der Waals surface area contributed by atoms with Gasteiger partial charge in [0.1, 0.15) is 0 Å². The molecule has 1 N–H and O–H groups in total. The van der Waals surface area contributed by atoms with Crippen LogP contribution in [0.5, 0.6) is 0 Å². The van der Waals surface area contributed by atoms with Crippen LogP contribution in [-0.2, 0) is 9.47 Å². The second-order valence-electron chi connectivity index (χ2n) is 6.36. The average molecular weight is 354 g/mol. The summed E-state index contributed by atoms with van der Waals surface area (Å²) in [6.45, 7) is 4.60. The molecule has 116 valence electrons. The minimum atomic E-state index is -0.0254. The minimum Gasteiger partial charge on any atom is -0.378 e. The molecule has 3 rings (SSSR count). The summed E-state index contributed by atoms with van der Waals surface area (Å²) in [5, 5.41) is 3.53. The Morgan fingerprint density at radius 3 is 2.90 bits per heavy atom. The Morgan fingerprint density at radius 2 is 2.24 bits per heavy atom. The molecule has 2 saturated heterocycles. The predicted octanol–water partition coefficient (Wildman–Crippen LogP) is 3.60. The largest absolute Gasteiger partial charge is 0.378 e. The van der Waals surface area contributed by atoms with Gasteiger partial charge in [0.15, 0.2) is 0 Å². The van der Waals surface area contributed by atoms with Crippen molar-refractivity contribution < 1.29 is 9.47 Å². The zero-order chi connectivity index (χ0) is 14.9. The number of benzene rings is 1. The lowest BCUT2D eigenvalue weighted by Gasteiger charge is -2.40. The molecule has 4 heteroatoms. The SMILES string of the molecule is CNC(c1ccc(Br)c(C)c1)C1CCOC2(CCOC2)C1. The van der Waals surface area contributed by atoms with Gasteiger partial charge in [0, 0.05) is 30.1 Å². The number of hydrogen-bond acceptors (Lipinski definition) is 3. The van der Waals surface area contributed by atoms with Crippen LogP contribution >= 0.6 is 15.9 Å². The molecule has 3 nitrogen and oxygen atoms in total. The maximum Gasteiger partial charge on any atom is 0.0940 e. The molecule has 1 aromatic rings. The zero-order valence-electron chi connectivity index (χ0n) is 12.8. The van der Waals surface area contributed by atoms with Crippen molar-refractivity contribution in [3.8, 4) is 0 Å². The first-order chi connectivity index (χ1) is 10.1. The van der Waals surface area contributed by atoms with Crippen molar-refractivity contribution in [1.82, 2.24) is 5.32 Å². The summed E-state index contributed by atoms with van der Waals surface area (Å²) in [7, 11) is 2.06. The second-order valence-corrected chi connectivity index (χ2v) is 7.22. The smallest absolute Gasteiger partial charge is 0.0940 e. The highest BCUT2D eigenvalue weighted by Gasteiger charge is 2.43. The number of halogens is 1. The highest BCUT2D eigenvalue weighted by atomic mass is 79.9. The van der Waals surface area contributed by atoms with E-state index < -0.39 is 0 Å². The molecule has 2 aliphatic heterocycles. The molecule has 0 aromatic heterocycles. The third-order valence-electron chi connectivity index (χ3n) is 4.92. The Balaban J connectivity index is 1.80. The van der Waals surface area contributed by atoms with Gasteiger partial charge in [0.25, 0.3) is 0 Å². The Labute approximate surface area is 135 Å². The van der Waals surface area contributed by atoms with Gasteiger partial charge in [-0.2, -0.15) is 0 Å². The van der Waals surface area contributed by atoms with E-state index in [1.807, 2.05) is 0 Å². The fourth-order valence-corrected chi connectivity index (χ4v) is 4.00. The molecule has 0 saturated carbocycles. The van der Waals surface area contributed by atoms with Gasteiger partial charge in [-0.25, -0.2) is 0 Å². The molecule has 21 heavy (non-hydrogen) atoms. The van der Waals surface area contributed by atoms with Gasteiger partial charge >= 0.3 is 0 Å². The Hall–Kier alpha value is -0.420. The van der Waals surface area contributed by atoms with Gasteiger partial charge in [-0.05, 0) is 49.9 Å². The molecule has 0 amide bonds. The molecule has 0 bridgehead atoms. The number of nitrogens with one attached hydrogen (secondary N) is 1. The summed E-state index contributed by atoms with van der Waals surface area (Å²) in [5.74, 6) is 0.603. The molecule has 0 radical (unpaired) electrons. The minimum absolute atomic E-state index is 0.0254. The zero-order valence-corrected chi connectivity index (χ0v) is 14.4. The first-order valence-corrected chi connectivity index (χ1v) is 8.58. The highest BCUT2D eigenvalue weighted by molar-refractivity contribution is 9.10. The topological polar surface area (TPSA) is 30.5 Å². The molecule has 3 atom stereocenters. The molecule has 0 aliphatic carbocycles. The molecular weight excluding hydrogens is 330 g/mol. The van der Waals surface area contributed by atoms with Crippen LogP contribution in [0.1, 0.15) is 36.4 Å². The van der Waals surface area contributed by atoms with Gasteiger partial charge in [-0.3, -0.25) is 0 Å². The van der Waals surface area contributed by atoms with Crippen molar-refractivity contribution in [3.63, 3.8) is 0 Å². The third kappa shape index (κ3) is 3.19. The Bertz CT molecular complexity index is 500. The van der Waals surface area contributed by atoms with E-state index in [1.165, 1.54) is 15.6 Å². The predicted molar refractivity (Wildman–Crippen MR) is 87.5 cm³/mol. The van der Waals surface area contributed by atoms with E-state index in [1.54, 1.807) is 0 Å². The van der Waals surface area contributed by atoms with Crippen LogP contribution in [0.4, 0.5) is 0 Å². The number of rotatable bonds is 3. The number of ether oxygens (including phenoxy) is 2. The molecule has 2 heterocycles. The van der Waals surface area contributed by atoms with Crippen molar-refractivity contribution >= 4 is 15.9 Å². The normalized spacial score (nSPS) is 30.7. The molecule has 2 aliphatic rings. The third-order valence-corrected chi connectivity index (χ3v) is 5.81. The van der Waals surface area contributed by atoms with Crippen molar-refractivity contribution in [2.45, 2.75) is 37.8 Å². The molecule has 3 unspecified atom stereocenters. The van der Waals surface area contributed by atoms with Crippen molar-refractivity contribution in [3.05, 3.63) is 33.8 Å². The maximum atomic E-state index is 6.07. The number of aryl methyl sites for hydroxylation is 1. The summed E-state index contributed by atoms with van der Waals surface area (Å²) in [4.78, 5) is 0. The maximum absolute atomic E-state index is 6.07. The van der Waals surface area contributed by atoms with Crippen LogP contribution in [0, 0.1) is 12.8 Å². The molecule has 2 fully saturated rings. The molecular formula is C17H24BrNO2. The van der Waals surface area contributed by atoms with Gasteiger partial charge in [0.2, 0.25) is 0 Å².